The van der Waals surface area contributed by atoms with Gasteiger partial charge in [-0.05, 0) is 28.8 Å². The molecule has 3 nitrogen and oxygen atoms in total. The highest BCUT2D eigenvalue weighted by atomic mass is 79.9. The van der Waals surface area contributed by atoms with Crippen molar-refractivity contribution in [2.75, 3.05) is 18.0 Å². The summed E-state index contributed by atoms with van der Waals surface area (Å²) in [5, 5.41) is 0. The van der Waals surface area contributed by atoms with Crippen LogP contribution in [0.25, 0.3) is 0 Å². The predicted molar refractivity (Wildman–Crippen MR) is 58.2 cm³/mol. The molecule has 1 saturated carbocycles. The zero-order valence-corrected chi connectivity index (χ0v) is 9.50. The lowest BCUT2D eigenvalue weighted by atomic mass is 9.63. The summed E-state index contributed by atoms with van der Waals surface area (Å²) in [6.45, 7) is 2.37. The third-order valence-electron chi connectivity index (χ3n) is 3.41. The van der Waals surface area contributed by atoms with Gasteiger partial charge in [-0.3, -0.25) is 0 Å². The van der Waals surface area contributed by atoms with Crippen molar-refractivity contribution in [1.82, 2.24) is 9.97 Å². The Bertz CT molecular complexity index is 354. The van der Waals surface area contributed by atoms with Gasteiger partial charge in [0.1, 0.15) is 12.1 Å². The summed E-state index contributed by atoms with van der Waals surface area (Å²) < 4.78 is 1.01. The maximum absolute atomic E-state index is 4.29. The molecule has 74 valence electrons. The van der Waals surface area contributed by atoms with Crippen LogP contribution in [0.5, 0.6) is 0 Å². The number of rotatable bonds is 1. The summed E-state index contributed by atoms with van der Waals surface area (Å²) in [6.07, 6.45) is 7.66. The van der Waals surface area contributed by atoms with Crippen molar-refractivity contribution in [3.63, 3.8) is 0 Å². The SMILES string of the molecule is Brc1cncnc1N1CC2(CCC2)C1. The van der Waals surface area contributed by atoms with Crippen LogP contribution in [0.1, 0.15) is 19.3 Å². The second-order valence-electron chi connectivity index (χ2n) is 4.40. The van der Waals surface area contributed by atoms with E-state index in [2.05, 4.69) is 30.8 Å². The van der Waals surface area contributed by atoms with Crippen LogP contribution in [0.4, 0.5) is 5.82 Å². The Morgan fingerprint density at radius 1 is 1.36 bits per heavy atom. The van der Waals surface area contributed by atoms with Crippen molar-refractivity contribution >= 4 is 21.7 Å². The number of aromatic nitrogens is 2. The molecule has 1 aliphatic heterocycles. The molecule has 0 N–H and O–H groups in total. The lowest BCUT2D eigenvalue weighted by Gasteiger charge is -2.56. The number of hydrogen-bond acceptors (Lipinski definition) is 3. The minimum absolute atomic E-state index is 0.657. The molecule has 1 aromatic rings. The second-order valence-corrected chi connectivity index (χ2v) is 5.26. The van der Waals surface area contributed by atoms with E-state index >= 15 is 0 Å². The minimum Gasteiger partial charge on any atom is -0.354 e. The average Bonchev–Trinajstić information content (AvgIpc) is 2.03. The topological polar surface area (TPSA) is 29.0 Å². The molecule has 1 saturated heterocycles. The largest absolute Gasteiger partial charge is 0.354 e. The molecular weight excluding hydrogens is 242 g/mol. The minimum atomic E-state index is 0.657. The Balaban J connectivity index is 1.76. The fourth-order valence-electron chi connectivity index (χ4n) is 2.45. The van der Waals surface area contributed by atoms with Gasteiger partial charge in [0.15, 0.2) is 0 Å². The Labute approximate surface area is 91.7 Å². The van der Waals surface area contributed by atoms with Gasteiger partial charge in [-0.25, -0.2) is 9.97 Å². The Kier molecular flexibility index (Phi) is 1.81. The third kappa shape index (κ3) is 1.16. The Morgan fingerprint density at radius 2 is 2.14 bits per heavy atom. The van der Waals surface area contributed by atoms with E-state index in [1.165, 1.54) is 32.4 Å². The highest BCUT2D eigenvalue weighted by Gasteiger charge is 2.47. The van der Waals surface area contributed by atoms with E-state index < -0.39 is 0 Å². The molecule has 0 unspecified atom stereocenters. The van der Waals surface area contributed by atoms with Crippen molar-refractivity contribution < 1.29 is 0 Å². The molecule has 0 amide bonds. The number of nitrogens with zero attached hydrogens (tertiary/aromatic N) is 3. The van der Waals surface area contributed by atoms with Gasteiger partial charge in [-0.2, -0.15) is 0 Å². The van der Waals surface area contributed by atoms with Gasteiger partial charge in [-0.15, -0.1) is 0 Å². The van der Waals surface area contributed by atoms with E-state index in [1.54, 1.807) is 6.33 Å². The summed E-state index contributed by atoms with van der Waals surface area (Å²) in [4.78, 5) is 10.6. The molecule has 2 aliphatic rings. The molecule has 1 spiro atoms. The quantitative estimate of drug-likeness (QED) is 0.769. The van der Waals surface area contributed by atoms with Gasteiger partial charge in [0.05, 0.1) is 4.47 Å². The zero-order valence-electron chi connectivity index (χ0n) is 7.91. The normalized spacial score (nSPS) is 23.1. The van der Waals surface area contributed by atoms with Crippen molar-refractivity contribution in [2.24, 2.45) is 5.41 Å². The second kappa shape index (κ2) is 2.92. The van der Waals surface area contributed by atoms with E-state index in [9.17, 15) is 0 Å². The predicted octanol–water partition coefficient (Wildman–Crippen LogP) is 2.23. The summed E-state index contributed by atoms with van der Waals surface area (Å²) >= 11 is 3.48. The fraction of sp³-hybridized carbons (Fsp3) is 0.600. The van der Waals surface area contributed by atoms with Crippen molar-refractivity contribution in [3.05, 3.63) is 17.0 Å². The Hall–Kier alpha value is -0.640. The van der Waals surface area contributed by atoms with E-state index in [0.717, 1.165) is 10.3 Å². The highest BCUT2D eigenvalue weighted by molar-refractivity contribution is 9.10. The van der Waals surface area contributed by atoms with Gasteiger partial charge < -0.3 is 4.90 Å². The zero-order chi connectivity index (χ0) is 9.60. The summed E-state index contributed by atoms with van der Waals surface area (Å²) in [5.74, 6) is 1.05. The van der Waals surface area contributed by atoms with Crippen LogP contribution in [-0.2, 0) is 0 Å². The standard InChI is InChI=1S/C10H12BrN3/c11-8-4-12-7-13-9(8)14-5-10(6-14)2-1-3-10/h4,7H,1-3,5-6H2. The van der Waals surface area contributed by atoms with Crippen LogP contribution in [0.2, 0.25) is 0 Å². The van der Waals surface area contributed by atoms with Crippen molar-refractivity contribution in [3.8, 4) is 0 Å². The fourth-order valence-corrected chi connectivity index (χ4v) is 2.92. The van der Waals surface area contributed by atoms with E-state index in [0.29, 0.717) is 5.41 Å². The first-order chi connectivity index (χ1) is 6.79. The summed E-state index contributed by atoms with van der Waals surface area (Å²) in [7, 11) is 0. The summed E-state index contributed by atoms with van der Waals surface area (Å²) in [5.41, 5.74) is 0.657. The van der Waals surface area contributed by atoms with Crippen LogP contribution < -0.4 is 4.90 Å². The van der Waals surface area contributed by atoms with E-state index in [4.69, 9.17) is 0 Å². The number of halogens is 1. The van der Waals surface area contributed by atoms with Crippen LogP contribution in [-0.4, -0.2) is 23.1 Å². The highest BCUT2D eigenvalue weighted by Crippen LogP contribution is 2.49. The molecule has 2 heterocycles. The Morgan fingerprint density at radius 3 is 2.71 bits per heavy atom. The molecular formula is C10H12BrN3. The smallest absolute Gasteiger partial charge is 0.146 e. The first kappa shape index (κ1) is 8.65. The molecule has 4 heteroatoms. The van der Waals surface area contributed by atoms with E-state index in [1.807, 2.05) is 6.20 Å². The summed E-state index contributed by atoms with van der Waals surface area (Å²) in [6, 6.07) is 0. The van der Waals surface area contributed by atoms with Gasteiger partial charge in [0, 0.05) is 24.7 Å². The first-order valence-corrected chi connectivity index (χ1v) is 5.79. The molecule has 2 fully saturated rings. The molecule has 1 aliphatic carbocycles. The van der Waals surface area contributed by atoms with Crippen molar-refractivity contribution in [2.45, 2.75) is 19.3 Å². The molecule has 0 atom stereocenters. The molecule has 0 radical (unpaired) electrons. The molecule has 0 aromatic carbocycles. The number of hydrogen-bond donors (Lipinski definition) is 0. The van der Waals surface area contributed by atoms with Crippen molar-refractivity contribution in [1.29, 1.82) is 0 Å². The lowest BCUT2D eigenvalue weighted by molar-refractivity contribution is 0.0895. The average molecular weight is 254 g/mol. The molecule has 1 aromatic heterocycles. The lowest BCUT2D eigenvalue weighted by Crippen LogP contribution is -2.60. The van der Waals surface area contributed by atoms with Gasteiger partial charge >= 0.3 is 0 Å². The van der Waals surface area contributed by atoms with Crippen LogP contribution >= 0.6 is 15.9 Å². The third-order valence-corrected chi connectivity index (χ3v) is 3.97. The van der Waals surface area contributed by atoms with Crippen LogP contribution in [0, 0.1) is 5.41 Å². The van der Waals surface area contributed by atoms with E-state index in [-0.39, 0.29) is 0 Å². The van der Waals surface area contributed by atoms with Crippen LogP contribution in [0.3, 0.4) is 0 Å². The number of anilines is 1. The molecule has 3 rings (SSSR count). The first-order valence-electron chi connectivity index (χ1n) is 5.00. The van der Waals surface area contributed by atoms with Gasteiger partial charge in [0.25, 0.3) is 0 Å². The maximum atomic E-state index is 4.29. The van der Waals surface area contributed by atoms with Gasteiger partial charge in [-0.1, -0.05) is 6.42 Å². The monoisotopic (exact) mass is 253 g/mol. The molecule has 14 heavy (non-hydrogen) atoms. The van der Waals surface area contributed by atoms with Crippen LogP contribution in [0.15, 0.2) is 17.0 Å². The van der Waals surface area contributed by atoms with Gasteiger partial charge in [0.2, 0.25) is 0 Å². The molecule has 0 bridgehead atoms. The maximum Gasteiger partial charge on any atom is 0.146 e.